The van der Waals surface area contributed by atoms with Gasteiger partial charge in [0.2, 0.25) is 0 Å². The van der Waals surface area contributed by atoms with Crippen molar-refractivity contribution in [2.75, 3.05) is 0 Å². The van der Waals surface area contributed by atoms with E-state index in [-0.39, 0.29) is 30.2 Å². The molecule has 2 aliphatic rings. The molecule has 0 nitrogen and oxygen atoms in total. The van der Waals surface area contributed by atoms with Crippen LogP contribution in [0.4, 0.5) is 0 Å². The molecular formula is C56H72Cl2SiZr-2. The summed E-state index contributed by atoms with van der Waals surface area (Å²) in [6.45, 7) is 18.2. The summed E-state index contributed by atoms with van der Waals surface area (Å²) in [5.74, 6) is 0. The van der Waals surface area contributed by atoms with Crippen LogP contribution in [0.3, 0.4) is 0 Å². The molecule has 2 fully saturated rings. The van der Waals surface area contributed by atoms with Crippen LogP contribution in [-0.2, 0) is 36.2 Å². The zero-order valence-corrected chi connectivity index (χ0v) is 43.3. The number of rotatable bonds is 8. The molecule has 6 aromatic rings. The average Bonchev–Trinajstić information content (AvgIpc) is 3.60. The first kappa shape index (κ1) is 50.4. The van der Waals surface area contributed by atoms with Crippen LogP contribution < -0.4 is 24.8 Å². The van der Waals surface area contributed by atoms with Gasteiger partial charge >= 0.3 is 41.9 Å². The van der Waals surface area contributed by atoms with E-state index in [9.17, 15) is 0 Å². The Bertz CT molecular complexity index is 2070. The Morgan fingerprint density at radius 3 is 1.12 bits per heavy atom. The number of benzene rings is 4. The molecule has 0 atom stereocenters. The minimum atomic E-state index is 0. The minimum Gasteiger partial charge on any atom is -1.00 e. The van der Waals surface area contributed by atoms with Crippen LogP contribution in [0.15, 0.2) is 97.1 Å². The van der Waals surface area contributed by atoms with Crippen molar-refractivity contribution in [3.05, 3.63) is 130 Å². The van der Waals surface area contributed by atoms with E-state index in [1.807, 2.05) is 0 Å². The maximum absolute atomic E-state index is 2.49. The third-order valence-electron chi connectivity index (χ3n) is 13.7. The summed E-state index contributed by atoms with van der Waals surface area (Å²) >= 11 is 1.74. The van der Waals surface area contributed by atoms with Crippen LogP contribution in [0.25, 0.3) is 43.8 Å². The van der Waals surface area contributed by atoms with Gasteiger partial charge in [0.1, 0.15) is 0 Å². The van der Waals surface area contributed by atoms with Crippen molar-refractivity contribution in [1.82, 2.24) is 0 Å². The second-order valence-corrected chi connectivity index (χ2v) is 28.4. The first-order chi connectivity index (χ1) is 27.9. The van der Waals surface area contributed by atoms with E-state index in [2.05, 4.69) is 152 Å². The van der Waals surface area contributed by atoms with Gasteiger partial charge in [0, 0.05) is 0 Å². The largest absolute Gasteiger partial charge is 1.00 e. The van der Waals surface area contributed by atoms with Crippen molar-refractivity contribution in [1.29, 1.82) is 0 Å². The Hall–Kier alpha value is -2.22. The molecule has 0 N–H and O–H groups in total. The number of halogens is 2. The Balaban J connectivity index is 0.000000236. The predicted molar refractivity (Wildman–Crippen MR) is 255 cm³/mol. The van der Waals surface area contributed by atoms with Crippen LogP contribution in [0, 0.1) is 38.5 Å². The monoisotopic (exact) mass is 932 g/mol. The van der Waals surface area contributed by atoms with E-state index in [0.717, 1.165) is 0 Å². The van der Waals surface area contributed by atoms with E-state index in [0.29, 0.717) is 10.8 Å². The molecule has 2 saturated carbocycles. The van der Waals surface area contributed by atoms with E-state index in [4.69, 9.17) is 0 Å². The van der Waals surface area contributed by atoms with Crippen LogP contribution in [0.5, 0.6) is 0 Å². The van der Waals surface area contributed by atoms with Crippen LogP contribution >= 0.6 is 0 Å². The summed E-state index contributed by atoms with van der Waals surface area (Å²) in [4.78, 5) is 0. The molecule has 0 spiro atoms. The molecule has 60 heavy (non-hydrogen) atoms. The molecular weight excluding hydrogens is 863 g/mol. The fourth-order valence-electron chi connectivity index (χ4n) is 10.7. The summed E-state index contributed by atoms with van der Waals surface area (Å²) in [6, 6.07) is 37.3. The standard InChI is InChI=1S/2C27H33.C2H6Si.2ClH.Zr/c2*1-4-27(12-7-5-6-8-13-27)19-22-17-23-10-9-11-25(26(23)18-22)24-15-20(2)14-21(3)16-24;1-3-2;;;/h2*9-11,14-18H,4-8,12-13,19H2,1-3H3;1-2H3;2*1H;/q2*-1;;;;+2/p-2. The summed E-state index contributed by atoms with van der Waals surface area (Å²) in [7, 11) is 0. The molecule has 0 heterocycles. The van der Waals surface area contributed by atoms with Gasteiger partial charge in [-0.1, -0.05) is 160 Å². The molecule has 0 aromatic heterocycles. The first-order valence-electron chi connectivity index (χ1n) is 23.0. The summed E-state index contributed by atoms with van der Waals surface area (Å²) in [5, 5.41) is 5.66. The molecule has 0 bridgehead atoms. The third-order valence-corrected chi connectivity index (χ3v) is 13.7. The second kappa shape index (κ2) is 23.5. The van der Waals surface area contributed by atoms with E-state index >= 15 is 0 Å². The van der Waals surface area contributed by atoms with E-state index in [1.54, 1.807) is 34.5 Å². The van der Waals surface area contributed by atoms with Crippen LogP contribution in [-0.4, -0.2) is 5.43 Å². The van der Waals surface area contributed by atoms with Gasteiger partial charge in [-0.05, 0) is 88.2 Å². The summed E-state index contributed by atoms with van der Waals surface area (Å²) < 4.78 is 0. The Morgan fingerprint density at radius 1 is 0.500 bits per heavy atom. The summed E-state index contributed by atoms with van der Waals surface area (Å²) in [5.41, 5.74) is 15.2. The Morgan fingerprint density at radius 2 is 0.817 bits per heavy atom. The maximum Gasteiger partial charge on any atom is -1.00 e. The first-order valence-corrected chi connectivity index (χ1v) is 29.1. The van der Waals surface area contributed by atoms with Crippen molar-refractivity contribution in [3.63, 3.8) is 0 Å². The van der Waals surface area contributed by atoms with Crippen LogP contribution in [0.1, 0.15) is 137 Å². The molecule has 2 aliphatic carbocycles. The average molecular weight is 935 g/mol. The Kier molecular flexibility index (Phi) is 19.7. The third kappa shape index (κ3) is 13.4. The zero-order valence-electron chi connectivity index (χ0n) is 38.3. The van der Waals surface area contributed by atoms with Gasteiger partial charge in [-0.3, -0.25) is 0 Å². The summed E-state index contributed by atoms with van der Waals surface area (Å²) in [6.07, 6.45) is 22.2. The van der Waals surface area contributed by atoms with Crippen molar-refractivity contribution >= 4 is 27.0 Å². The van der Waals surface area contributed by atoms with Gasteiger partial charge in [0.05, 0.1) is 0 Å². The molecule has 320 valence electrons. The van der Waals surface area contributed by atoms with Crippen molar-refractivity contribution in [2.45, 2.75) is 157 Å². The van der Waals surface area contributed by atoms with Gasteiger partial charge in [0.15, 0.2) is 0 Å². The number of hydrogen-bond acceptors (Lipinski definition) is 0. The van der Waals surface area contributed by atoms with Crippen molar-refractivity contribution in [2.24, 2.45) is 10.8 Å². The number of fused-ring (bicyclic) bond motifs is 2. The molecule has 0 aliphatic heterocycles. The molecule has 6 aromatic carbocycles. The fraction of sp³-hybridized carbons (Fsp3) is 0.464. The zero-order chi connectivity index (χ0) is 41.3. The number of aryl methyl sites for hydroxylation is 4. The predicted octanol–water partition coefficient (Wildman–Crippen LogP) is 11.1. The van der Waals surface area contributed by atoms with Crippen molar-refractivity contribution < 1.29 is 48.1 Å². The smallest absolute Gasteiger partial charge is 1.00 e. The second-order valence-electron chi connectivity index (χ2n) is 19.0. The molecule has 0 amide bonds. The van der Waals surface area contributed by atoms with Crippen molar-refractivity contribution in [3.8, 4) is 22.3 Å². The molecule has 8 rings (SSSR count). The fourth-order valence-corrected chi connectivity index (χ4v) is 10.7. The van der Waals surface area contributed by atoms with Gasteiger partial charge < -0.3 is 24.8 Å². The molecule has 4 heteroatoms. The van der Waals surface area contributed by atoms with Gasteiger partial charge in [-0.2, -0.15) is 12.1 Å². The number of hydrogen-bond donors (Lipinski definition) is 0. The molecule has 0 saturated heterocycles. The Labute approximate surface area is 393 Å². The minimum absolute atomic E-state index is 0. The molecule has 0 radical (unpaired) electrons. The molecule has 0 unspecified atom stereocenters. The maximum atomic E-state index is 2.49. The van der Waals surface area contributed by atoms with Crippen LogP contribution in [0.2, 0.25) is 13.1 Å². The topological polar surface area (TPSA) is 0 Å². The van der Waals surface area contributed by atoms with Gasteiger partial charge in [-0.25, -0.2) is 0 Å². The normalized spacial score (nSPS) is 15.9. The van der Waals surface area contributed by atoms with E-state index in [1.165, 1.54) is 169 Å². The van der Waals surface area contributed by atoms with E-state index < -0.39 is 0 Å². The van der Waals surface area contributed by atoms with Gasteiger partial charge in [-0.15, -0.1) is 69.1 Å². The van der Waals surface area contributed by atoms with Gasteiger partial charge in [0.25, 0.3) is 0 Å². The quantitative estimate of drug-likeness (QED) is 0.0810. The SMILES string of the molecule is CCC1(Cc2cc3c(-c4cc(C)cc(C)c4)cccc3[cH-]2)CCCCCC1.CCC1(Cc2cc3c(-c4cc(C)cc(C)c4)cccc3[cH-]2)CCCCCC1.C[Si](C)=[Zr+2].[Cl-].[Cl-].